The maximum absolute atomic E-state index is 12.3. The van der Waals surface area contributed by atoms with Crippen molar-refractivity contribution in [2.45, 2.75) is 11.4 Å². The quantitative estimate of drug-likeness (QED) is 0.122. The Bertz CT molecular complexity index is 1080. The fourth-order valence-corrected chi connectivity index (χ4v) is 5.17. The second-order valence-corrected chi connectivity index (χ2v) is 11.9. The number of ether oxygens (including phenoxy) is 2. The van der Waals surface area contributed by atoms with Crippen LogP contribution in [0, 0.1) is 11.1 Å². The minimum absolute atomic E-state index is 0.0118. The molecular formula is C17H7Br4F5I3N3O3. The van der Waals surface area contributed by atoms with Gasteiger partial charge in [0.1, 0.15) is 30.7 Å². The lowest BCUT2D eigenvalue weighted by molar-refractivity contribution is -0.275. The van der Waals surface area contributed by atoms with Gasteiger partial charge < -0.3 is 14.6 Å². The van der Waals surface area contributed by atoms with E-state index in [1.807, 2.05) is 45.2 Å². The first kappa shape index (κ1) is 33.6. The van der Waals surface area contributed by atoms with E-state index in [9.17, 15) is 22.0 Å². The van der Waals surface area contributed by atoms with Gasteiger partial charge >= 0.3 is 11.4 Å². The molecule has 3 aromatic rings. The molecule has 0 fully saturated rings. The van der Waals surface area contributed by atoms with Crippen molar-refractivity contribution in [3.63, 3.8) is 0 Å². The third-order valence-corrected chi connectivity index (χ3v) is 6.49. The molecule has 1 N–H and O–H groups in total. The SMILES string of the molecule is FC(F)(Br)Oc1ccc(I)nc1Br.FC(F)(F)Oc1ccc(I)nc1Br.Oc1ccc(I)nc1Br. The van der Waals surface area contributed by atoms with Crippen molar-refractivity contribution in [2.24, 2.45) is 0 Å². The molecule has 3 heterocycles. The van der Waals surface area contributed by atoms with Gasteiger partial charge in [-0.15, -0.1) is 13.2 Å². The number of hydrogen-bond acceptors (Lipinski definition) is 6. The molecule has 0 unspecified atom stereocenters. The van der Waals surface area contributed by atoms with Crippen LogP contribution < -0.4 is 9.47 Å². The Hall–Kier alpha value is 0.610. The number of hydrogen-bond donors (Lipinski definition) is 1. The normalized spacial score (nSPS) is 11.0. The summed E-state index contributed by atoms with van der Waals surface area (Å²) in [7, 11) is 0. The van der Waals surface area contributed by atoms with Crippen LogP contribution in [0.15, 0.2) is 50.2 Å². The van der Waals surface area contributed by atoms with E-state index in [4.69, 9.17) is 5.11 Å². The lowest BCUT2D eigenvalue weighted by atomic mass is 10.5. The molecule has 0 aliphatic rings. The Morgan fingerprint density at radius 1 is 0.657 bits per heavy atom. The first-order valence-electron chi connectivity index (χ1n) is 8.13. The number of rotatable bonds is 3. The molecule has 0 saturated heterocycles. The summed E-state index contributed by atoms with van der Waals surface area (Å²) in [6.07, 6.45) is -4.68. The van der Waals surface area contributed by atoms with Gasteiger partial charge in [-0.3, -0.25) is 0 Å². The summed E-state index contributed by atoms with van der Waals surface area (Å²) in [5, 5.41) is 5.56. The Balaban J connectivity index is 0.000000267. The summed E-state index contributed by atoms with van der Waals surface area (Å²) in [5.41, 5.74) is 0. The van der Waals surface area contributed by atoms with E-state index in [1.54, 1.807) is 18.2 Å². The number of alkyl halides is 6. The highest BCUT2D eigenvalue weighted by atomic mass is 127. The third kappa shape index (κ3) is 15.0. The highest BCUT2D eigenvalue weighted by Crippen LogP contribution is 2.32. The predicted molar refractivity (Wildman–Crippen MR) is 157 cm³/mol. The van der Waals surface area contributed by atoms with Crippen LogP contribution in [0.3, 0.4) is 0 Å². The maximum atomic E-state index is 12.3. The van der Waals surface area contributed by atoms with Crippen molar-refractivity contribution < 1.29 is 36.5 Å². The molecule has 35 heavy (non-hydrogen) atoms. The van der Waals surface area contributed by atoms with Gasteiger partial charge in [0, 0.05) is 15.9 Å². The number of nitrogens with zero attached hydrogens (tertiary/aromatic N) is 3. The van der Waals surface area contributed by atoms with E-state index in [0.29, 0.717) is 12.0 Å². The summed E-state index contributed by atoms with van der Waals surface area (Å²) in [6, 6.07) is 8.94. The molecule has 0 atom stereocenters. The van der Waals surface area contributed by atoms with E-state index >= 15 is 0 Å². The molecule has 0 radical (unpaired) electrons. The van der Waals surface area contributed by atoms with Crippen LogP contribution in [0.4, 0.5) is 22.0 Å². The third-order valence-electron chi connectivity index (χ3n) is 2.81. The molecular weight excluding hydrogens is 1090 g/mol. The van der Waals surface area contributed by atoms with E-state index in [2.05, 4.69) is 111 Å². The molecule has 0 bridgehead atoms. The predicted octanol–water partition coefficient (Wildman–Crippen LogP) is 9.27. The lowest BCUT2D eigenvalue weighted by Gasteiger charge is -2.11. The van der Waals surface area contributed by atoms with E-state index in [-0.39, 0.29) is 26.5 Å². The average Bonchev–Trinajstić information content (AvgIpc) is 2.69. The van der Waals surface area contributed by atoms with Crippen molar-refractivity contribution in [3.8, 4) is 17.2 Å². The molecule has 0 saturated carbocycles. The Kier molecular flexibility index (Phi) is 14.7. The van der Waals surface area contributed by atoms with E-state index in [1.165, 1.54) is 18.2 Å². The lowest BCUT2D eigenvalue weighted by Crippen LogP contribution is -2.17. The van der Waals surface area contributed by atoms with Gasteiger partial charge in [-0.25, -0.2) is 15.0 Å². The summed E-state index contributed by atoms with van der Waals surface area (Å²) < 4.78 is 70.8. The highest BCUT2D eigenvalue weighted by molar-refractivity contribution is 14.1. The Labute approximate surface area is 269 Å². The number of pyridine rings is 3. The largest absolute Gasteiger partial charge is 0.573 e. The number of halogens is 12. The fraction of sp³-hybridized carbons (Fsp3) is 0.118. The van der Waals surface area contributed by atoms with Gasteiger partial charge in [0.15, 0.2) is 11.5 Å². The molecule has 0 amide bonds. The summed E-state index contributed by atoms with van der Waals surface area (Å²) in [4.78, 5) is 11.5. The highest BCUT2D eigenvalue weighted by Gasteiger charge is 2.32. The van der Waals surface area contributed by atoms with Crippen LogP contribution in [0.5, 0.6) is 17.2 Å². The number of aromatic nitrogens is 3. The topological polar surface area (TPSA) is 77.4 Å². The molecule has 18 heteroatoms. The molecule has 192 valence electrons. The zero-order valence-electron chi connectivity index (χ0n) is 16.1. The minimum Gasteiger partial charge on any atom is -0.505 e. The van der Waals surface area contributed by atoms with Crippen LogP contribution in [-0.2, 0) is 0 Å². The second kappa shape index (κ2) is 15.3. The standard InChI is InChI=1S/C6H2Br2F2INO.C6H2BrF3INO.C5H3BrINO/c2*7-5-3(13-6(8,9)10)1-2-4(11)12-5;6-5-3(9)1-2-4(7)8-5/h2*1-2H;1-2,9H. The van der Waals surface area contributed by atoms with Crippen molar-refractivity contribution in [3.05, 3.63) is 61.3 Å². The van der Waals surface area contributed by atoms with Gasteiger partial charge in [0.2, 0.25) is 0 Å². The zero-order chi connectivity index (χ0) is 27.0. The molecule has 3 rings (SSSR count). The van der Waals surface area contributed by atoms with E-state index < -0.39 is 11.4 Å². The molecule has 0 aliphatic heterocycles. The Morgan fingerprint density at radius 3 is 1.34 bits per heavy atom. The Morgan fingerprint density at radius 2 is 1.03 bits per heavy atom. The molecule has 0 aliphatic carbocycles. The van der Waals surface area contributed by atoms with Crippen LogP contribution >= 0.6 is 131 Å². The average molecular weight is 1100 g/mol. The number of aromatic hydroxyl groups is 1. The van der Waals surface area contributed by atoms with Gasteiger partial charge in [0.25, 0.3) is 0 Å². The fourth-order valence-electron chi connectivity index (χ4n) is 1.61. The smallest absolute Gasteiger partial charge is 0.505 e. The monoisotopic (exact) mass is 1090 g/mol. The summed E-state index contributed by atoms with van der Waals surface area (Å²) >= 11 is 16.9. The molecule has 6 nitrogen and oxygen atoms in total. The minimum atomic E-state index is -4.68. The second-order valence-electron chi connectivity index (χ2n) is 5.39. The first-order valence-corrected chi connectivity index (χ1v) is 14.5. The van der Waals surface area contributed by atoms with Gasteiger partial charge in [-0.05, 0) is 152 Å². The molecule has 0 aromatic carbocycles. The van der Waals surface area contributed by atoms with Crippen LogP contribution in [-0.4, -0.2) is 31.4 Å². The summed E-state index contributed by atoms with van der Waals surface area (Å²) in [5.74, 6) is -0.175. The van der Waals surface area contributed by atoms with Crippen LogP contribution in [0.2, 0.25) is 0 Å². The zero-order valence-corrected chi connectivity index (χ0v) is 28.9. The van der Waals surface area contributed by atoms with Crippen LogP contribution in [0.25, 0.3) is 0 Å². The van der Waals surface area contributed by atoms with Gasteiger partial charge in [-0.1, -0.05) is 0 Å². The van der Waals surface area contributed by atoms with Crippen molar-refractivity contribution in [1.29, 1.82) is 0 Å². The van der Waals surface area contributed by atoms with Crippen molar-refractivity contribution >= 4 is 131 Å². The van der Waals surface area contributed by atoms with Gasteiger partial charge in [-0.2, -0.15) is 8.78 Å². The van der Waals surface area contributed by atoms with Gasteiger partial charge in [0.05, 0.1) is 0 Å². The molecule has 3 aromatic heterocycles. The summed E-state index contributed by atoms with van der Waals surface area (Å²) in [6.45, 7) is 0. The van der Waals surface area contributed by atoms with Crippen molar-refractivity contribution in [1.82, 2.24) is 15.0 Å². The maximum Gasteiger partial charge on any atom is 0.573 e. The van der Waals surface area contributed by atoms with Crippen molar-refractivity contribution in [2.75, 3.05) is 0 Å². The van der Waals surface area contributed by atoms with Crippen LogP contribution in [0.1, 0.15) is 0 Å². The van der Waals surface area contributed by atoms with E-state index in [0.717, 1.165) is 3.70 Å². The molecule has 0 spiro atoms. The first-order chi connectivity index (χ1) is 16.0.